The number of rotatable bonds is 5. The Morgan fingerprint density at radius 3 is 2.75 bits per heavy atom. The monoisotopic (exact) mass is 274 g/mol. The van der Waals surface area contributed by atoms with E-state index in [0.29, 0.717) is 5.56 Å². The number of nitro benzene ring substituents is 1. The van der Waals surface area contributed by atoms with Crippen molar-refractivity contribution in [2.75, 3.05) is 7.11 Å². The standard InChI is InChI=1S/C14H14N2O4/c1-4-7-14(9-15,13(17)20-3)11-8-10(2)5-6-12(11)16(18)19/h4-6,8H,1,7H2,2-3H3. The molecule has 6 nitrogen and oxygen atoms in total. The van der Waals surface area contributed by atoms with Crippen molar-refractivity contribution < 1.29 is 14.5 Å². The van der Waals surface area contributed by atoms with Crippen molar-refractivity contribution in [2.24, 2.45) is 0 Å². The molecule has 1 aromatic rings. The molecule has 0 heterocycles. The van der Waals surface area contributed by atoms with Gasteiger partial charge in [0, 0.05) is 6.07 Å². The number of methoxy groups -OCH3 is 1. The molecule has 0 aromatic heterocycles. The summed E-state index contributed by atoms with van der Waals surface area (Å²) in [5, 5.41) is 20.6. The minimum atomic E-state index is -1.76. The van der Waals surface area contributed by atoms with Gasteiger partial charge in [-0.1, -0.05) is 17.7 Å². The summed E-state index contributed by atoms with van der Waals surface area (Å²) < 4.78 is 4.66. The van der Waals surface area contributed by atoms with E-state index >= 15 is 0 Å². The second-order valence-electron chi connectivity index (χ2n) is 4.28. The number of carbonyl (C=O) groups is 1. The zero-order valence-electron chi connectivity index (χ0n) is 11.3. The van der Waals surface area contributed by atoms with Gasteiger partial charge in [0.25, 0.3) is 5.69 Å². The van der Waals surface area contributed by atoms with Crippen LogP contribution in [0.5, 0.6) is 0 Å². The second-order valence-corrected chi connectivity index (χ2v) is 4.28. The number of ether oxygens (including phenoxy) is 1. The van der Waals surface area contributed by atoms with E-state index < -0.39 is 16.3 Å². The van der Waals surface area contributed by atoms with Crippen molar-refractivity contribution in [3.63, 3.8) is 0 Å². The molecule has 104 valence electrons. The molecule has 0 spiro atoms. The van der Waals surface area contributed by atoms with Gasteiger partial charge in [0.1, 0.15) is 0 Å². The van der Waals surface area contributed by atoms with Gasteiger partial charge in [-0.2, -0.15) is 5.26 Å². The number of allylic oxidation sites excluding steroid dienone is 1. The summed E-state index contributed by atoms with van der Waals surface area (Å²) in [6, 6.07) is 6.15. The highest BCUT2D eigenvalue weighted by atomic mass is 16.6. The van der Waals surface area contributed by atoms with Gasteiger partial charge < -0.3 is 4.74 Å². The number of hydrogen-bond acceptors (Lipinski definition) is 5. The minimum absolute atomic E-state index is 0.0248. The predicted octanol–water partition coefficient (Wildman–Crippen LogP) is 2.41. The van der Waals surface area contributed by atoms with Gasteiger partial charge in [0.2, 0.25) is 0 Å². The van der Waals surface area contributed by atoms with E-state index in [2.05, 4.69) is 11.3 Å². The van der Waals surface area contributed by atoms with Crippen LogP contribution in [0.1, 0.15) is 17.5 Å². The van der Waals surface area contributed by atoms with Crippen molar-refractivity contribution in [2.45, 2.75) is 18.8 Å². The van der Waals surface area contributed by atoms with Gasteiger partial charge in [0.05, 0.1) is 23.7 Å². The number of esters is 1. The maximum Gasteiger partial charge on any atom is 0.331 e. The molecular formula is C14H14N2O4. The van der Waals surface area contributed by atoms with E-state index in [9.17, 15) is 20.2 Å². The molecule has 1 unspecified atom stereocenters. The van der Waals surface area contributed by atoms with Crippen molar-refractivity contribution in [3.05, 3.63) is 52.1 Å². The highest BCUT2D eigenvalue weighted by Crippen LogP contribution is 2.36. The molecular weight excluding hydrogens is 260 g/mol. The fourth-order valence-corrected chi connectivity index (χ4v) is 2.00. The summed E-state index contributed by atoms with van der Waals surface area (Å²) in [6.45, 7) is 5.23. The maximum absolute atomic E-state index is 12.0. The molecule has 0 fully saturated rings. The van der Waals surface area contributed by atoms with Crippen LogP contribution in [0.15, 0.2) is 30.9 Å². The normalized spacial score (nSPS) is 12.8. The van der Waals surface area contributed by atoms with Crippen molar-refractivity contribution in [1.82, 2.24) is 0 Å². The summed E-state index contributed by atoms with van der Waals surface area (Å²) in [7, 11) is 1.14. The fraction of sp³-hybridized carbons (Fsp3) is 0.286. The molecule has 0 saturated carbocycles. The summed E-state index contributed by atoms with van der Waals surface area (Å²) in [5.41, 5.74) is -1.32. The van der Waals surface area contributed by atoms with Crippen molar-refractivity contribution in [1.29, 1.82) is 5.26 Å². The van der Waals surface area contributed by atoms with Gasteiger partial charge in [-0.3, -0.25) is 10.1 Å². The molecule has 0 bridgehead atoms. The Labute approximate surface area is 116 Å². The van der Waals surface area contributed by atoms with E-state index in [0.717, 1.165) is 7.11 Å². The van der Waals surface area contributed by atoms with Crippen LogP contribution in [0.4, 0.5) is 5.69 Å². The Morgan fingerprint density at radius 2 is 2.30 bits per heavy atom. The molecule has 0 N–H and O–H groups in total. The number of nitrogens with zero attached hydrogens (tertiary/aromatic N) is 2. The van der Waals surface area contributed by atoms with E-state index in [4.69, 9.17) is 0 Å². The molecule has 0 saturated heterocycles. The predicted molar refractivity (Wildman–Crippen MR) is 72.0 cm³/mol. The molecule has 1 atom stereocenters. The third-order valence-corrected chi connectivity index (χ3v) is 2.98. The second kappa shape index (κ2) is 5.97. The van der Waals surface area contributed by atoms with Gasteiger partial charge in [-0.15, -0.1) is 6.58 Å². The highest BCUT2D eigenvalue weighted by molar-refractivity contribution is 5.88. The lowest BCUT2D eigenvalue weighted by atomic mass is 9.77. The van der Waals surface area contributed by atoms with E-state index in [1.54, 1.807) is 13.0 Å². The fourth-order valence-electron chi connectivity index (χ4n) is 2.00. The number of nitro groups is 1. The van der Waals surface area contributed by atoms with Gasteiger partial charge >= 0.3 is 5.97 Å². The summed E-state index contributed by atoms with van der Waals surface area (Å²) in [4.78, 5) is 22.5. The Kier molecular flexibility index (Phi) is 4.59. The Balaban J connectivity index is 3.68. The highest BCUT2D eigenvalue weighted by Gasteiger charge is 2.45. The topological polar surface area (TPSA) is 93.2 Å². The van der Waals surface area contributed by atoms with E-state index in [-0.39, 0.29) is 17.7 Å². The molecule has 0 aliphatic carbocycles. The molecule has 1 aromatic carbocycles. The molecule has 0 radical (unpaired) electrons. The first-order valence-corrected chi connectivity index (χ1v) is 5.79. The van der Waals surface area contributed by atoms with Crippen LogP contribution in [0, 0.1) is 28.4 Å². The van der Waals surface area contributed by atoms with Crippen LogP contribution < -0.4 is 0 Å². The lowest BCUT2D eigenvalue weighted by molar-refractivity contribution is -0.385. The SMILES string of the molecule is C=CCC(C#N)(C(=O)OC)c1cc(C)ccc1[N+](=O)[O-]. The quantitative estimate of drug-likeness (QED) is 0.356. The largest absolute Gasteiger partial charge is 0.468 e. The van der Waals surface area contributed by atoms with Crippen LogP contribution in [-0.4, -0.2) is 18.0 Å². The summed E-state index contributed by atoms with van der Waals surface area (Å²) in [5.74, 6) is -0.839. The Bertz CT molecular complexity index is 604. The average molecular weight is 274 g/mol. The zero-order valence-corrected chi connectivity index (χ0v) is 11.3. The number of nitriles is 1. The number of benzene rings is 1. The maximum atomic E-state index is 12.0. The summed E-state index contributed by atoms with van der Waals surface area (Å²) >= 11 is 0. The van der Waals surface area contributed by atoms with Crippen LogP contribution in [0.2, 0.25) is 0 Å². The van der Waals surface area contributed by atoms with Gasteiger partial charge in [0.15, 0.2) is 5.41 Å². The van der Waals surface area contributed by atoms with Crippen molar-refractivity contribution >= 4 is 11.7 Å². The molecule has 6 heteroatoms. The lowest BCUT2D eigenvalue weighted by Gasteiger charge is -2.22. The minimum Gasteiger partial charge on any atom is -0.468 e. The first kappa shape index (κ1) is 15.4. The van der Waals surface area contributed by atoms with E-state index in [1.165, 1.54) is 18.2 Å². The average Bonchev–Trinajstić information content (AvgIpc) is 2.43. The van der Waals surface area contributed by atoms with Crippen LogP contribution >= 0.6 is 0 Å². The molecule has 1 rings (SSSR count). The Morgan fingerprint density at radius 1 is 1.65 bits per heavy atom. The third kappa shape index (κ3) is 2.52. The van der Waals surface area contributed by atoms with Crippen LogP contribution in [0.3, 0.4) is 0 Å². The van der Waals surface area contributed by atoms with Crippen LogP contribution in [0.25, 0.3) is 0 Å². The zero-order chi connectivity index (χ0) is 15.3. The van der Waals surface area contributed by atoms with Gasteiger partial charge in [-0.05, 0) is 19.4 Å². The van der Waals surface area contributed by atoms with Crippen molar-refractivity contribution in [3.8, 4) is 6.07 Å². The van der Waals surface area contributed by atoms with E-state index in [1.807, 2.05) is 6.07 Å². The lowest BCUT2D eigenvalue weighted by Crippen LogP contribution is -2.35. The molecule has 0 amide bonds. The van der Waals surface area contributed by atoms with Gasteiger partial charge in [-0.25, -0.2) is 4.79 Å². The molecule has 0 aliphatic heterocycles. The number of hydrogen-bond donors (Lipinski definition) is 0. The molecule has 20 heavy (non-hydrogen) atoms. The number of carbonyl (C=O) groups excluding carboxylic acids is 1. The summed E-state index contributed by atoms with van der Waals surface area (Å²) in [6.07, 6.45) is 1.30. The third-order valence-electron chi connectivity index (χ3n) is 2.98. The first-order valence-electron chi connectivity index (χ1n) is 5.79. The molecule has 0 aliphatic rings. The number of aryl methyl sites for hydroxylation is 1. The Hall–Kier alpha value is -2.68. The smallest absolute Gasteiger partial charge is 0.331 e. The van der Waals surface area contributed by atoms with Crippen LogP contribution in [-0.2, 0) is 14.9 Å². The first-order chi connectivity index (χ1) is 9.42.